The van der Waals surface area contributed by atoms with Gasteiger partial charge < -0.3 is 10.1 Å². The zero-order valence-corrected chi connectivity index (χ0v) is 11.2. The van der Waals surface area contributed by atoms with Gasteiger partial charge >= 0.3 is 0 Å². The summed E-state index contributed by atoms with van der Waals surface area (Å²) in [4.78, 5) is 0. The lowest BCUT2D eigenvalue weighted by atomic mass is 10.2. The molecular formula is C15H15ClFNO. The van der Waals surface area contributed by atoms with Gasteiger partial charge in [-0.2, -0.15) is 0 Å². The Morgan fingerprint density at radius 3 is 2.63 bits per heavy atom. The Bertz CT molecular complexity index is 519. The SMILES string of the molecule is Fc1ccc(CNCCOc2ccccc2)cc1Cl. The summed E-state index contributed by atoms with van der Waals surface area (Å²) in [6.45, 7) is 1.93. The van der Waals surface area contributed by atoms with Crippen molar-refractivity contribution in [2.24, 2.45) is 0 Å². The van der Waals surface area contributed by atoms with Crippen LogP contribution < -0.4 is 10.1 Å². The van der Waals surface area contributed by atoms with Crippen molar-refractivity contribution in [1.82, 2.24) is 5.32 Å². The monoisotopic (exact) mass is 279 g/mol. The zero-order valence-electron chi connectivity index (χ0n) is 10.4. The highest BCUT2D eigenvalue weighted by Gasteiger charge is 2.00. The molecule has 0 spiro atoms. The molecule has 0 aliphatic heterocycles. The molecule has 4 heteroatoms. The van der Waals surface area contributed by atoms with Crippen molar-refractivity contribution in [1.29, 1.82) is 0 Å². The zero-order chi connectivity index (χ0) is 13.5. The van der Waals surface area contributed by atoms with Crippen molar-refractivity contribution in [2.45, 2.75) is 6.54 Å². The third kappa shape index (κ3) is 4.54. The van der Waals surface area contributed by atoms with E-state index in [1.165, 1.54) is 6.07 Å². The molecule has 0 heterocycles. The van der Waals surface area contributed by atoms with E-state index in [-0.39, 0.29) is 5.02 Å². The average Bonchev–Trinajstić information content (AvgIpc) is 2.43. The lowest BCUT2D eigenvalue weighted by Gasteiger charge is -2.08. The molecule has 2 rings (SSSR count). The molecule has 0 radical (unpaired) electrons. The quantitative estimate of drug-likeness (QED) is 0.815. The minimum absolute atomic E-state index is 0.153. The predicted octanol–water partition coefficient (Wildman–Crippen LogP) is 3.65. The minimum atomic E-state index is -0.391. The largest absolute Gasteiger partial charge is 0.492 e. The highest BCUT2D eigenvalue weighted by molar-refractivity contribution is 6.30. The molecule has 2 aromatic carbocycles. The first-order chi connectivity index (χ1) is 9.25. The van der Waals surface area contributed by atoms with Crippen LogP contribution >= 0.6 is 11.6 Å². The van der Waals surface area contributed by atoms with Crippen LogP contribution in [0.5, 0.6) is 5.75 Å². The number of hydrogen-bond acceptors (Lipinski definition) is 2. The summed E-state index contributed by atoms with van der Waals surface area (Å²) in [6, 6.07) is 14.4. The molecule has 0 amide bonds. The van der Waals surface area contributed by atoms with Crippen molar-refractivity contribution < 1.29 is 9.13 Å². The topological polar surface area (TPSA) is 21.3 Å². The molecule has 2 aromatic rings. The van der Waals surface area contributed by atoms with Crippen molar-refractivity contribution in [3.8, 4) is 5.75 Å². The van der Waals surface area contributed by atoms with Crippen molar-refractivity contribution in [3.63, 3.8) is 0 Å². The first-order valence-corrected chi connectivity index (χ1v) is 6.46. The Morgan fingerprint density at radius 2 is 1.89 bits per heavy atom. The Morgan fingerprint density at radius 1 is 1.11 bits per heavy atom. The first-order valence-electron chi connectivity index (χ1n) is 6.08. The second kappa shape index (κ2) is 7.12. The lowest BCUT2D eigenvalue weighted by Crippen LogP contribution is -2.20. The van der Waals surface area contributed by atoms with E-state index < -0.39 is 5.82 Å². The Labute approximate surface area is 117 Å². The summed E-state index contributed by atoms with van der Waals surface area (Å²) < 4.78 is 18.5. The number of benzene rings is 2. The average molecular weight is 280 g/mol. The van der Waals surface area contributed by atoms with E-state index in [0.29, 0.717) is 19.7 Å². The molecule has 19 heavy (non-hydrogen) atoms. The summed E-state index contributed by atoms with van der Waals surface area (Å²) in [5, 5.41) is 3.37. The molecule has 1 N–H and O–H groups in total. The molecule has 0 saturated heterocycles. The third-order valence-electron chi connectivity index (χ3n) is 2.60. The predicted molar refractivity (Wildman–Crippen MR) is 75.1 cm³/mol. The molecule has 100 valence electrons. The van der Waals surface area contributed by atoms with Gasteiger partial charge in [-0.05, 0) is 29.8 Å². The van der Waals surface area contributed by atoms with E-state index >= 15 is 0 Å². The minimum Gasteiger partial charge on any atom is -0.492 e. The number of hydrogen-bond donors (Lipinski definition) is 1. The van der Waals surface area contributed by atoms with Crippen LogP contribution in [0.25, 0.3) is 0 Å². The number of halogens is 2. The number of rotatable bonds is 6. The molecule has 0 aliphatic carbocycles. The van der Waals surface area contributed by atoms with Crippen LogP contribution in [-0.2, 0) is 6.54 Å². The van der Waals surface area contributed by atoms with E-state index in [2.05, 4.69) is 5.32 Å². The first kappa shape index (κ1) is 13.8. The van der Waals surface area contributed by atoms with Crippen LogP contribution in [-0.4, -0.2) is 13.2 Å². The molecule has 0 atom stereocenters. The molecule has 0 saturated carbocycles. The maximum absolute atomic E-state index is 13.0. The van der Waals surface area contributed by atoms with Crippen molar-refractivity contribution in [2.75, 3.05) is 13.2 Å². The van der Waals surface area contributed by atoms with Gasteiger partial charge in [-0.1, -0.05) is 35.9 Å². The van der Waals surface area contributed by atoms with Crippen LogP contribution in [0.15, 0.2) is 48.5 Å². The van der Waals surface area contributed by atoms with E-state index in [4.69, 9.17) is 16.3 Å². The fraction of sp³-hybridized carbons (Fsp3) is 0.200. The summed E-state index contributed by atoms with van der Waals surface area (Å²) in [6.07, 6.45) is 0. The van der Waals surface area contributed by atoms with Gasteiger partial charge in [0.25, 0.3) is 0 Å². The fourth-order valence-corrected chi connectivity index (χ4v) is 1.84. The van der Waals surface area contributed by atoms with E-state index in [1.54, 1.807) is 12.1 Å². The number of para-hydroxylation sites is 1. The van der Waals surface area contributed by atoms with Crippen LogP contribution in [0.1, 0.15) is 5.56 Å². The summed E-state index contributed by atoms with van der Waals surface area (Å²) in [5.41, 5.74) is 0.950. The van der Waals surface area contributed by atoms with E-state index in [0.717, 1.165) is 11.3 Å². The van der Waals surface area contributed by atoms with Crippen LogP contribution in [0.4, 0.5) is 4.39 Å². The van der Waals surface area contributed by atoms with E-state index in [1.807, 2.05) is 30.3 Å². The second-order valence-corrected chi connectivity index (χ2v) is 4.49. The number of ether oxygens (including phenoxy) is 1. The fourth-order valence-electron chi connectivity index (χ4n) is 1.64. The second-order valence-electron chi connectivity index (χ2n) is 4.09. The van der Waals surface area contributed by atoms with Gasteiger partial charge in [0.1, 0.15) is 18.2 Å². The molecule has 0 aromatic heterocycles. The molecular weight excluding hydrogens is 265 g/mol. The van der Waals surface area contributed by atoms with Crippen molar-refractivity contribution >= 4 is 11.6 Å². The maximum Gasteiger partial charge on any atom is 0.141 e. The smallest absolute Gasteiger partial charge is 0.141 e. The normalized spacial score (nSPS) is 10.4. The van der Waals surface area contributed by atoms with Gasteiger partial charge in [-0.15, -0.1) is 0 Å². The molecule has 0 fully saturated rings. The molecule has 0 bridgehead atoms. The molecule has 2 nitrogen and oxygen atoms in total. The highest BCUT2D eigenvalue weighted by atomic mass is 35.5. The van der Waals surface area contributed by atoms with Gasteiger partial charge in [0.2, 0.25) is 0 Å². The van der Waals surface area contributed by atoms with Gasteiger partial charge in [0.05, 0.1) is 5.02 Å². The van der Waals surface area contributed by atoms with Gasteiger partial charge in [-0.25, -0.2) is 4.39 Å². The van der Waals surface area contributed by atoms with Crippen LogP contribution in [0.3, 0.4) is 0 Å². The molecule has 0 aliphatic rings. The van der Waals surface area contributed by atoms with Crippen LogP contribution in [0, 0.1) is 5.82 Å². The van der Waals surface area contributed by atoms with Crippen LogP contribution in [0.2, 0.25) is 5.02 Å². The summed E-state index contributed by atoms with van der Waals surface area (Å²) in [7, 11) is 0. The van der Waals surface area contributed by atoms with E-state index in [9.17, 15) is 4.39 Å². The standard InChI is InChI=1S/C15H15ClFNO/c16-14-10-12(6-7-15(14)17)11-18-8-9-19-13-4-2-1-3-5-13/h1-7,10,18H,8-9,11H2. The maximum atomic E-state index is 13.0. The Balaban J connectivity index is 1.68. The Kier molecular flexibility index (Phi) is 5.19. The van der Waals surface area contributed by atoms with Gasteiger partial charge in [0, 0.05) is 13.1 Å². The highest BCUT2D eigenvalue weighted by Crippen LogP contribution is 2.15. The summed E-state index contributed by atoms with van der Waals surface area (Å²) in [5.74, 6) is 0.465. The van der Waals surface area contributed by atoms with Crippen molar-refractivity contribution in [3.05, 3.63) is 64.9 Å². The number of nitrogens with one attached hydrogen (secondary N) is 1. The van der Waals surface area contributed by atoms with Gasteiger partial charge in [-0.3, -0.25) is 0 Å². The molecule has 0 unspecified atom stereocenters. The summed E-state index contributed by atoms with van der Waals surface area (Å²) >= 11 is 5.71. The van der Waals surface area contributed by atoms with Gasteiger partial charge in [0.15, 0.2) is 0 Å². The Hall–Kier alpha value is -1.58. The third-order valence-corrected chi connectivity index (χ3v) is 2.89. The lowest BCUT2D eigenvalue weighted by molar-refractivity contribution is 0.313.